The number of rotatable bonds is 4. The van der Waals surface area contributed by atoms with Crippen LogP contribution in [0, 0.1) is 5.41 Å². The van der Waals surface area contributed by atoms with Gasteiger partial charge in [0.05, 0.1) is 12.8 Å². The second kappa shape index (κ2) is 6.80. The monoisotopic (exact) mass is 330 g/mol. The van der Waals surface area contributed by atoms with Crippen LogP contribution in [0.25, 0.3) is 0 Å². The Labute approximate surface area is 142 Å². The fraction of sp³-hybridized carbons (Fsp3) is 0.579. The molecule has 2 aliphatic heterocycles. The molecule has 0 aliphatic carbocycles. The lowest BCUT2D eigenvalue weighted by Crippen LogP contribution is -2.46. The molecule has 2 fully saturated rings. The first-order chi connectivity index (χ1) is 11.3. The van der Waals surface area contributed by atoms with E-state index in [1.165, 1.54) is 56.7 Å². The number of furan rings is 1. The summed E-state index contributed by atoms with van der Waals surface area (Å²) in [4.78, 5) is 6.71. The molecule has 0 N–H and O–H groups in total. The van der Waals surface area contributed by atoms with Crippen LogP contribution in [0.15, 0.2) is 40.3 Å². The molecule has 2 aliphatic rings. The zero-order valence-corrected chi connectivity index (χ0v) is 14.6. The van der Waals surface area contributed by atoms with Gasteiger partial charge in [-0.3, -0.25) is 9.80 Å². The van der Waals surface area contributed by atoms with E-state index in [1.807, 2.05) is 17.4 Å². The summed E-state index contributed by atoms with van der Waals surface area (Å²) < 4.78 is 5.49. The molecule has 2 aromatic rings. The minimum Gasteiger partial charge on any atom is -0.468 e. The van der Waals surface area contributed by atoms with Gasteiger partial charge >= 0.3 is 0 Å². The Morgan fingerprint density at radius 1 is 0.913 bits per heavy atom. The van der Waals surface area contributed by atoms with Crippen molar-refractivity contribution in [2.75, 3.05) is 26.2 Å². The zero-order chi connectivity index (χ0) is 15.5. The second-order valence-corrected chi connectivity index (χ2v) is 8.24. The van der Waals surface area contributed by atoms with E-state index in [-0.39, 0.29) is 0 Å². The Morgan fingerprint density at radius 3 is 2.17 bits per heavy atom. The third kappa shape index (κ3) is 3.70. The lowest BCUT2D eigenvalue weighted by molar-refractivity contribution is 0.0284. The largest absolute Gasteiger partial charge is 0.468 e. The van der Waals surface area contributed by atoms with Gasteiger partial charge in [0.15, 0.2) is 0 Å². The van der Waals surface area contributed by atoms with Crippen LogP contribution in [0.2, 0.25) is 0 Å². The van der Waals surface area contributed by atoms with E-state index in [2.05, 4.69) is 33.4 Å². The summed E-state index contributed by atoms with van der Waals surface area (Å²) in [7, 11) is 0. The topological polar surface area (TPSA) is 19.6 Å². The third-order valence-electron chi connectivity index (χ3n) is 5.75. The molecule has 0 atom stereocenters. The van der Waals surface area contributed by atoms with Gasteiger partial charge < -0.3 is 4.42 Å². The van der Waals surface area contributed by atoms with Gasteiger partial charge in [-0.1, -0.05) is 6.07 Å². The zero-order valence-electron chi connectivity index (χ0n) is 13.7. The van der Waals surface area contributed by atoms with Crippen LogP contribution in [0.4, 0.5) is 0 Å². The SMILES string of the molecule is c1coc(CN2CCC3(CC2)CCN(Cc2cccs2)CC3)c1. The highest BCUT2D eigenvalue weighted by Gasteiger charge is 2.37. The molecule has 0 amide bonds. The lowest BCUT2D eigenvalue weighted by atomic mass is 9.71. The maximum Gasteiger partial charge on any atom is 0.117 e. The van der Waals surface area contributed by atoms with Crippen molar-refractivity contribution < 1.29 is 4.42 Å². The molecular weight excluding hydrogens is 304 g/mol. The number of hydrogen-bond donors (Lipinski definition) is 0. The van der Waals surface area contributed by atoms with Crippen molar-refractivity contribution in [3.05, 3.63) is 46.5 Å². The highest BCUT2D eigenvalue weighted by atomic mass is 32.1. The fourth-order valence-corrected chi connectivity index (χ4v) is 4.86. The van der Waals surface area contributed by atoms with Gasteiger partial charge in [0.2, 0.25) is 0 Å². The average molecular weight is 330 g/mol. The number of nitrogens with zero attached hydrogens (tertiary/aromatic N) is 2. The van der Waals surface area contributed by atoms with Crippen LogP contribution in [-0.2, 0) is 13.1 Å². The van der Waals surface area contributed by atoms with E-state index in [0.29, 0.717) is 5.41 Å². The predicted octanol–water partition coefficient (Wildman–Crippen LogP) is 4.22. The first-order valence-electron chi connectivity index (χ1n) is 8.81. The van der Waals surface area contributed by atoms with E-state index in [4.69, 9.17) is 4.42 Å². The number of likely N-dealkylation sites (tertiary alicyclic amines) is 2. The first kappa shape index (κ1) is 15.4. The van der Waals surface area contributed by atoms with Gasteiger partial charge in [0, 0.05) is 11.4 Å². The highest BCUT2D eigenvalue weighted by Crippen LogP contribution is 2.41. The van der Waals surface area contributed by atoms with Crippen molar-refractivity contribution in [2.24, 2.45) is 5.41 Å². The fourth-order valence-electron chi connectivity index (χ4n) is 4.12. The van der Waals surface area contributed by atoms with Gasteiger partial charge in [-0.2, -0.15) is 0 Å². The summed E-state index contributed by atoms with van der Waals surface area (Å²) in [6.07, 6.45) is 7.27. The molecule has 0 unspecified atom stereocenters. The molecule has 0 bridgehead atoms. The number of hydrogen-bond acceptors (Lipinski definition) is 4. The molecule has 0 radical (unpaired) electrons. The van der Waals surface area contributed by atoms with Crippen LogP contribution in [-0.4, -0.2) is 36.0 Å². The van der Waals surface area contributed by atoms with Crippen molar-refractivity contribution in [3.8, 4) is 0 Å². The van der Waals surface area contributed by atoms with Gasteiger partial charge in [-0.25, -0.2) is 0 Å². The summed E-state index contributed by atoms with van der Waals surface area (Å²) in [6.45, 7) is 7.13. The van der Waals surface area contributed by atoms with E-state index in [9.17, 15) is 0 Å². The summed E-state index contributed by atoms with van der Waals surface area (Å²) in [5, 5.41) is 2.19. The van der Waals surface area contributed by atoms with Gasteiger partial charge in [-0.15, -0.1) is 11.3 Å². The molecular formula is C19H26N2OS. The first-order valence-corrected chi connectivity index (χ1v) is 9.69. The summed E-state index contributed by atoms with van der Waals surface area (Å²) in [6, 6.07) is 8.51. The van der Waals surface area contributed by atoms with Crippen LogP contribution in [0.5, 0.6) is 0 Å². The summed E-state index contributed by atoms with van der Waals surface area (Å²) in [5.74, 6) is 1.10. The molecule has 23 heavy (non-hydrogen) atoms. The van der Waals surface area contributed by atoms with Gasteiger partial charge in [-0.05, 0) is 80.9 Å². The highest BCUT2D eigenvalue weighted by molar-refractivity contribution is 7.09. The van der Waals surface area contributed by atoms with Gasteiger partial charge in [0.1, 0.15) is 5.76 Å². The molecule has 0 aromatic carbocycles. The molecule has 4 heteroatoms. The van der Waals surface area contributed by atoms with Crippen LogP contribution in [0.1, 0.15) is 36.3 Å². The summed E-state index contributed by atoms with van der Waals surface area (Å²) >= 11 is 1.89. The van der Waals surface area contributed by atoms with E-state index in [0.717, 1.165) is 18.8 Å². The van der Waals surface area contributed by atoms with Crippen LogP contribution < -0.4 is 0 Å². The average Bonchev–Trinajstić information content (AvgIpc) is 3.26. The van der Waals surface area contributed by atoms with E-state index >= 15 is 0 Å². The van der Waals surface area contributed by atoms with E-state index < -0.39 is 0 Å². The van der Waals surface area contributed by atoms with Gasteiger partial charge in [0.25, 0.3) is 0 Å². The Kier molecular flexibility index (Phi) is 4.56. The standard InChI is InChI=1S/C19H26N2OS/c1-3-17(22-13-1)15-20-9-5-19(6-10-20)7-11-21(12-8-19)16-18-4-2-14-23-18/h1-4,13-14H,5-12,15-16H2. The maximum atomic E-state index is 5.49. The quantitative estimate of drug-likeness (QED) is 0.837. The van der Waals surface area contributed by atoms with Crippen molar-refractivity contribution in [1.82, 2.24) is 9.80 Å². The number of piperidine rings is 2. The molecule has 1 spiro atoms. The van der Waals surface area contributed by atoms with Crippen molar-refractivity contribution >= 4 is 11.3 Å². The Morgan fingerprint density at radius 2 is 1.61 bits per heavy atom. The van der Waals surface area contributed by atoms with E-state index in [1.54, 1.807) is 6.26 Å². The molecule has 124 valence electrons. The smallest absolute Gasteiger partial charge is 0.117 e. The van der Waals surface area contributed by atoms with Crippen molar-refractivity contribution in [2.45, 2.75) is 38.8 Å². The Hall–Kier alpha value is -1.10. The molecule has 4 rings (SSSR count). The molecule has 4 heterocycles. The Balaban J connectivity index is 1.25. The third-order valence-corrected chi connectivity index (χ3v) is 6.61. The molecule has 2 aromatic heterocycles. The molecule has 2 saturated heterocycles. The lowest BCUT2D eigenvalue weighted by Gasteiger charge is -2.46. The Bertz CT molecular complexity index is 519. The molecule has 0 saturated carbocycles. The van der Waals surface area contributed by atoms with Crippen molar-refractivity contribution in [3.63, 3.8) is 0 Å². The number of thiophene rings is 1. The maximum absolute atomic E-state index is 5.49. The normalized spacial score (nSPS) is 22.6. The second-order valence-electron chi connectivity index (χ2n) is 7.21. The van der Waals surface area contributed by atoms with Crippen molar-refractivity contribution in [1.29, 1.82) is 0 Å². The minimum atomic E-state index is 0.617. The van der Waals surface area contributed by atoms with Crippen LogP contribution in [0.3, 0.4) is 0 Å². The molecule has 3 nitrogen and oxygen atoms in total. The predicted molar refractivity (Wildman–Crippen MR) is 94.5 cm³/mol. The van der Waals surface area contributed by atoms with Crippen LogP contribution >= 0.6 is 11.3 Å². The minimum absolute atomic E-state index is 0.617. The summed E-state index contributed by atoms with van der Waals surface area (Å²) in [5.41, 5.74) is 0.617.